The predicted molar refractivity (Wildman–Crippen MR) is 157 cm³/mol. The Morgan fingerprint density at radius 3 is 2.56 bits per heavy atom. The van der Waals surface area contributed by atoms with Gasteiger partial charge in [-0.15, -0.1) is 0 Å². The molecular formula is C30H33N7O4. The van der Waals surface area contributed by atoms with Crippen molar-refractivity contribution in [2.45, 2.75) is 20.3 Å². The molecule has 0 spiro atoms. The van der Waals surface area contributed by atoms with Gasteiger partial charge in [0.2, 0.25) is 11.8 Å². The van der Waals surface area contributed by atoms with E-state index in [4.69, 9.17) is 9.47 Å². The summed E-state index contributed by atoms with van der Waals surface area (Å²) in [6.07, 6.45) is 3.36. The fourth-order valence-electron chi connectivity index (χ4n) is 4.41. The van der Waals surface area contributed by atoms with Crippen molar-refractivity contribution in [2.75, 3.05) is 50.0 Å². The Morgan fingerprint density at radius 2 is 1.78 bits per heavy atom. The first-order chi connectivity index (χ1) is 19.9. The van der Waals surface area contributed by atoms with Crippen LogP contribution in [0.1, 0.15) is 17.7 Å². The number of hydrogen-bond acceptors (Lipinski definition) is 9. The second kappa shape index (κ2) is 13.2. The lowest BCUT2D eigenvalue weighted by atomic mass is 10.1. The topological polar surface area (TPSA) is 131 Å². The first-order valence-corrected chi connectivity index (χ1v) is 13.5. The summed E-state index contributed by atoms with van der Waals surface area (Å²) in [5, 5.41) is 9.83. The third kappa shape index (κ3) is 7.74. The second-order valence-corrected chi connectivity index (χ2v) is 9.83. The van der Waals surface area contributed by atoms with Gasteiger partial charge in [0.05, 0.1) is 31.5 Å². The molecule has 3 N–H and O–H groups in total. The number of pyridine rings is 1. The van der Waals surface area contributed by atoms with Gasteiger partial charge in [-0.2, -0.15) is 0 Å². The highest BCUT2D eigenvalue weighted by atomic mass is 16.5. The van der Waals surface area contributed by atoms with Gasteiger partial charge in [-0.05, 0) is 67.9 Å². The van der Waals surface area contributed by atoms with E-state index in [-0.39, 0.29) is 24.8 Å². The van der Waals surface area contributed by atoms with Crippen LogP contribution in [0.25, 0.3) is 10.9 Å². The highest BCUT2D eigenvalue weighted by Crippen LogP contribution is 2.30. The summed E-state index contributed by atoms with van der Waals surface area (Å²) in [5.74, 6) is 1.72. The molecule has 41 heavy (non-hydrogen) atoms. The van der Waals surface area contributed by atoms with Crippen LogP contribution < -0.4 is 20.7 Å². The molecule has 1 aliphatic heterocycles. The van der Waals surface area contributed by atoms with Gasteiger partial charge < -0.3 is 25.4 Å². The van der Waals surface area contributed by atoms with E-state index in [1.165, 1.54) is 6.33 Å². The Kier molecular flexibility index (Phi) is 8.97. The lowest BCUT2D eigenvalue weighted by Gasteiger charge is -2.25. The number of fused-ring (bicyclic) bond motifs is 1. The minimum absolute atomic E-state index is 0.0970. The molecule has 3 heterocycles. The summed E-state index contributed by atoms with van der Waals surface area (Å²) in [4.78, 5) is 39.8. The standard InChI is InChI=1S/C30H33N7O4/c1-20-15-22(5-8-27(20)41-24-6-3-21(2)32-17-24)36-30-25-16-23(4-7-26(25)33-19-34-30)35-28(38)9-10-31-29(39)18-37-11-13-40-14-12-37/h3-8,15-17,19H,9-14,18H2,1-2H3,(H,31,39)(H,35,38)(H,33,34,36). The van der Waals surface area contributed by atoms with Crippen molar-refractivity contribution >= 4 is 39.9 Å². The van der Waals surface area contributed by atoms with Crippen molar-refractivity contribution in [1.29, 1.82) is 0 Å². The SMILES string of the molecule is Cc1ccc(Oc2ccc(Nc3ncnc4ccc(NC(=O)CCNC(=O)CN5CCOCC5)cc34)cc2C)cn1. The molecule has 0 radical (unpaired) electrons. The fourth-order valence-corrected chi connectivity index (χ4v) is 4.41. The van der Waals surface area contributed by atoms with Gasteiger partial charge in [0, 0.05) is 48.5 Å². The Morgan fingerprint density at radius 1 is 0.951 bits per heavy atom. The van der Waals surface area contributed by atoms with Crippen LogP contribution in [0.3, 0.4) is 0 Å². The minimum Gasteiger partial charge on any atom is -0.455 e. The zero-order valence-electron chi connectivity index (χ0n) is 23.1. The first-order valence-electron chi connectivity index (χ1n) is 13.5. The van der Waals surface area contributed by atoms with Gasteiger partial charge in [-0.1, -0.05) is 0 Å². The number of morpholine rings is 1. The van der Waals surface area contributed by atoms with Crippen molar-refractivity contribution < 1.29 is 19.1 Å². The van der Waals surface area contributed by atoms with Crippen molar-refractivity contribution in [3.8, 4) is 11.5 Å². The molecule has 0 saturated carbocycles. The smallest absolute Gasteiger partial charge is 0.234 e. The third-order valence-corrected chi connectivity index (χ3v) is 6.61. The third-order valence-electron chi connectivity index (χ3n) is 6.61. The Labute approximate surface area is 238 Å². The molecule has 2 amide bonds. The van der Waals surface area contributed by atoms with Crippen LogP contribution in [0.15, 0.2) is 61.1 Å². The van der Waals surface area contributed by atoms with Gasteiger partial charge in [0.1, 0.15) is 23.6 Å². The number of carbonyl (C=O) groups excluding carboxylic acids is 2. The minimum atomic E-state index is -0.197. The van der Waals surface area contributed by atoms with Crippen molar-refractivity contribution in [3.05, 3.63) is 72.3 Å². The summed E-state index contributed by atoms with van der Waals surface area (Å²) >= 11 is 0. The van der Waals surface area contributed by atoms with E-state index in [0.29, 0.717) is 37.0 Å². The molecule has 11 nitrogen and oxygen atoms in total. The average Bonchev–Trinajstić information content (AvgIpc) is 2.96. The highest BCUT2D eigenvalue weighted by Gasteiger charge is 2.14. The van der Waals surface area contributed by atoms with Crippen LogP contribution in [0.5, 0.6) is 11.5 Å². The number of hydrogen-bond donors (Lipinski definition) is 3. The number of nitrogens with zero attached hydrogens (tertiary/aromatic N) is 4. The molecule has 1 saturated heterocycles. The van der Waals surface area contributed by atoms with Crippen molar-refractivity contribution in [2.24, 2.45) is 0 Å². The van der Waals surface area contributed by atoms with Gasteiger partial charge in [0.15, 0.2) is 0 Å². The maximum atomic E-state index is 12.6. The number of carbonyl (C=O) groups is 2. The molecule has 0 bridgehead atoms. The predicted octanol–water partition coefficient (Wildman–Crippen LogP) is 3.95. The van der Waals surface area contributed by atoms with E-state index in [0.717, 1.165) is 46.7 Å². The van der Waals surface area contributed by atoms with E-state index in [1.807, 2.05) is 61.2 Å². The largest absolute Gasteiger partial charge is 0.455 e. The summed E-state index contributed by atoms with van der Waals surface area (Å²) < 4.78 is 11.3. The molecule has 0 atom stereocenters. The van der Waals surface area contributed by atoms with Crippen molar-refractivity contribution in [1.82, 2.24) is 25.2 Å². The molecule has 1 aliphatic rings. The summed E-state index contributed by atoms with van der Waals surface area (Å²) in [6.45, 7) is 7.22. The lowest BCUT2D eigenvalue weighted by Crippen LogP contribution is -2.43. The van der Waals surface area contributed by atoms with Gasteiger partial charge in [-0.25, -0.2) is 9.97 Å². The second-order valence-electron chi connectivity index (χ2n) is 9.83. The van der Waals surface area contributed by atoms with E-state index in [1.54, 1.807) is 12.3 Å². The average molecular weight is 556 g/mol. The molecule has 0 unspecified atom stereocenters. The van der Waals surface area contributed by atoms with E-state index >= 15 is 0 Å². The molecule has 212 valence electrons. The van der Waals surface area contributed by atoms with Crippen LogP contribution in [0, 0.1) is 13.8 Å². The molecule has 5 rings (SSSR count). The molecule has 2 aromatic heterocycles. The van der Waals surface area contributed by atoms with Gasteiger partial charge in [0.25, 0.3) is 0 Å². The normalized spacial score (nSPS) is 13.5. The highest BCUT2D eigenvalue weighted by molar-refractivity contribution is 5.97. The number of ether oxygens (including phenoxy) is 2. The summed E-state index contributed by atoms with van der Waals surface area (Å²) in [6, 6.07) is 15.0. The Bertz CT molecular complexity index is 1520. The monoisotopic (exact) mass is 555 g/mol. The molecule has 2 aromatic carbocycles. The Balaban J connectivity index is 1.19. The molecule has 0 aliphatic carbocycles. The van der Waals surface area contributed by atoms with E-state index in [9.17, 15) is 9.59 Å². The van der Waals surface area contributed by atoms with Crippen LogP contribution in [0.4, 0.5) is 17.2 Å². The zero-order chi connectivity index (χ0) is 28.6. The maximum absolute atomic E-state index is 12.6. The number of amides is 2. The molecule has 11 heteroatoms. The quantitative estimate of drug-likeness (QED) is 0.266. The van der Waals surface area contributed by atoms with Crippen LogP contribution >= 0.6 is 0 Å². The maximum Gasteiger partial charge on any atom is 0.234 e. The fraction of sp³-hybridized carbons (Fsp3) is 0.300. The summed E-state index contributed by atoms with van der Waals surface area (Å²) in [7, 11) is 0. The molecule has 1 fully saturated rings. The van der Waals surface area contributed by atoms with Crippen LogP contribution in [-0.2, 0) is 14.3 Å². The van der Waals surface area contributed by atoms with Crippen LogP contribution in [0.2, 0.25) is 0 Å². The van der Waals surface area contributed by atoms with Gasteiger partial charge in [-0.3, -0.25) is 19.5 Å². The Hall–Kier alpha value is -4.61. The number of rotatable bonds is 10. The molecular weight excluding hydrogens is 522 g/mol. The number of benzene rings is 2. The molecule has 4 aromatic rings. The van der Waals surface area contributed by atoms with E-state index < -0.39 is 0 Å². The summed E-state index contributed by atoms with van der Waals surface area (Å²) in [5.41, 5.74) is 4.06. The number of aromatic nitrogens is 3. The number of aryl methyl sites for hydroxylation is 2. The van der Waals surface area contributed by atoms with Gasteiger partial charge >= 0.3 is 0 Å². The van der Waals surface area contributed by atoms with Crippen LogP contribution in [-0.4, -0.2) is 71.1 Å². The van der Waals surface area contributed by atoms with E-state index in [2.05, 4.69) is 30.9 Å². The van der Waals surface area contributed by atoms with Crippen molar-refractivity contribution in [3.63, 3.8) is 0 Å². The first kappa shape index (κ1) is 27.9. The lowest BCUT2D eigenvalue weighted by molar-refractivity contribution is -0.123. The number of nitrogens with one attached hydrogen (secondary N) is 3. The number of anilines is 3. The zero-order valence-corrected chi connectivity index (χ0v) is 23.1.